The van der Waals surface area contributed by atoms with Crippen LogP contribution in [0.5, 0.6) is 0 Å². The third-order valence-electron chi connectivity index (χ3n) is 24.1. The van der Waals surface area contributed by atoms with Crippen molar-refractivity contribution in [2.24, 2.45) is 35.5 Å². The highest BCUT2D eigenvalue weighted by Gasteiger charge is 2.53. The van der Waals surface area contributed by atoms with Crippen molar-refractivity contribution in [3.63, 3.8) is 0 Å². The van der Waals surface area contributed by atoms with Gasteiger partial charge in [0, 0.05) is 123 Å². The number of unbranched alkanes of at least 4 members (excludes halogenated alkanes) is 2. The fraction of sp³-hybridized carbons (Fsp3) is 0.705. The first kappa shape index (κ1) is 107. The van der Waals surface area contributed by atoms with E-state index in [0.29, 0.717) is 248 Å². The van der Waals surface area contributed by atoms with Gasteiger partial charge in [0.1, 0.15) is 71.2 Å². The molecule has 2 bridgehead atoms. The molecule has 716 valence electrons. The number of nitrogen functional groups attached to an aromatic ring is 2. The van der Waals surface area contributed by atoms with Crippen LogP contribution in [0, 0.1) is 35.5 Å². The zero-order valence-corrected chi connectivity index (χ0v) is 77.8. The predicted octanol–water partition coefficient (Wildman–Crippen LogP) is 11.7. The van der Waals surface area contributed by atoms with E-state index in [0.717, 1.165) is 36.8 Å². The Morgan fingerprint density at radius 3 is 1.98 bits per heavy atom. The van der Waals surface area contributed by atoms with Crippen LogP contribution >= 0.6 is 0 Å². The molecule has 1 aromatic carbocycles. The minimum Gasteiger partial charge on any atom is -0.460 e. The largest absolute Gasteiger partial charge is 0.460 e. The quantitative estimate of drug-likeness (QED) is 0.0138. The number of allylic oxidation sites excluding steroid dienone is 6. The number of rotatable bonds is 45. The number of ketones is 5. The average Bonchev–Trinajstić information content (AvgIpc) is 1.66. The summed E-state index contributed by atoms with van der Waals surface area (Å²) in [7, 11) is 4.53. The molecule has 33 heteroatoms. The van der Waals surface area contributed by atoms with Gasteiger partial charge >= 0.3 is 11.9 Å². The van der Waals surface area contributed by atoms with E-state index < -0.39 is 95.9 Å². The Bertz CT molecular complexity index is 4180. The summed E-state index contributed by atoms with van der Waals surface area (Å²) in [6, 6.07) is 4.46. The Hall–Kier alpha value is -8.00. The van der Waals surface area contributed by atoms with E-state index in [1.807, 2.05) is 88.7 Å². The fourth-order valence-electron chi connectivity index (χ4n) is 16.4. The maximum absolute atomic E-state index is 14.6. The van der Waals surface area contributed by atoms with Crippen molar-refractivity contribution in [3.8, 4) is 11.3 Å². The molecular weight excluding hydrogens is 1650 g/mol. The van der Waals surface area contributed by atoms with Gasteiger partial charge in [0.2, 0.25) is 5.79 Å². The van der Waals surface area contributed by atoms with Crippen LogP contribution < -0.4 is 11.5 Å². The maximum Gasteiger partial charge on any atom is 0.329 e. The number of carbonyl (C=O) groups is 8. The number of piperidine rings is 1. The molecule has 0 spiro atoms. The van der Waals surface area contributed by atoms with E-state index in [9.17, 15) is 48.6 Å². The number of nitrogens with two attached hydrogens (primary N) is 2. The SMILES string of the molecule is CCC(=O)CCCOCCOCCOCCOCCC(=O)CCCCCn1nc(-c2ccc3oc(N)nc3c2)c2c(N)ncnc21.CCOCCOCCOCCOCCCC(=O)O[C@@H]1CC[C@@H](C[C@@H](C)[C@@H]2CC(=O)[C@H](C)/C=C(\C)[C@@H](O)[C@@H](OC)C(=O)[C@H](C)C[C@H](C)/C=C/C=C/C=C(\C)[C@@H](OC)C[C@@H]3CC[C@@H](C)[C@@](O)(O3)C(=O)C(=O)N3CCCC[C@H]3C(=O)O2)C[C@H]1OC. The number of aliphatic hydroxyl groups excluding tert-OH is 1. The monoisotopic (exact) mass is 1800 g/mol. The van der Waals surface area contributed by atoms with E-state index in [1.165, 1.54) is 18.3 Å². The van der Waals surface area contributed by atoms with Gasteiger partial charge in [-0.25, -0.2) is 19.4 Å². The number of cyclic esters (lactones) is 1. The third-order valence-corrected chi connectivity index (χ3v) is 24.1. The summed E-state index contributed by atoms with van der Waals surface area (Å²) >= 11 is 0. The summed E-state index contributed by atoms with van der Waals surface area (Å²) in [6.07, 6.45) is 18.0. The molecule has 4 aliphatic rings. The van der Waals surface area contributed by atoms with Gasteiger partial charge in [-0.1, -0.05) is 84.4 Å². The van der Waals surface area contributed by atoms with Crippen LogP contribution in [0.1, 0.15) is 204 Å². The number of anilines is 2. The number of amides is 1. The number of hydrogen-bond donors (Lipinski definition) is 4. The van der Waals surface area contributed by atoms with Crippen molar-refractivity contribution in [3.05, 3.63) is 72.1 Å². The molecule has 3 fully saturated rings. The number of fused-ring (bicyclic) bond motifs is 5. The van der Waals surface area contributed by atoms with Crippen LogP contribution in [-0.2, 0) is 111 Å². The van der Waals surface area contributed by atoms with Crippen LogP contribution in [0.2, 0.25) is 0 Å². The zero-order chi connectivity index (χ0) is 92.9. The Morgan fingerprint density at radius 1 is 0.672 bits per heavy atom. The molecule has 2 saturated heterocycles. The molecule has 1 saturated carbocycles. The van der Waals surface area contributed by atoms with Gasteiger partial charge in [0.25, 0.3) is 17.7 Å². The lowest BCUT2D eigenvalue weighted by atomic mass is 9.78. The second-order valence-corrected chi connectivity index (χ2v) is 34.0. The lowest BCUT2D eigenvalue weighted by Gasteiger charge is -2.42. The Labute approximate surface area is 754 Å². The summed E-state index contributed by atoms with van der Waals surface area (Å²) in [5.41, 5.74) is 16.5. The normalized spacial score (nSPS) is 26.2. The molecule has 1 amide bonds. The smallest absolute Gasteiger partial charge is 0.329 e. The Kier molecular flexibility index (Phi) is 48.5. The number of hydrogen-bond acceptors (Lipinski definition) is 31. The van der Waals surface area contributed by atoms with E-state index in [2.05, 4.69) is 15.0 Å². The number of nitrogens with zero attached hydrogens (tertiary/aromatic N) is 6. The average molecular weight is 1800 g/mol. The highest BCUT2D eigenvalue weighted by molar-refractivity contribution is 6.39. The molecule has 6 N–H and O–H groups in total. The van der Waals surface area contributed by atoms with Gasteiger partial charge in [-0.3, -0.25) is 33.6 Å². The van der Waals surface area contributed by atoms with Gasteiger partial charge in [-0.05, 0) is 158 Å². The number of aliphatic hydroxyl groups is 2. The number of methoxy groups -OCH3 is 3. The van der Waals surface area contributed by atoms with E-state index in [-0.39, 0.29) is 72.8 Å². The lowest BCUT2D eigenvalue weighted by molar-refractivity contribution is -0.265. The first-order valence-electron chi connectivity index (χ1n) is 46.1. The fourth-order valence-corrected chi connectivity index (χ4v) is 16.4. The van der Waals surface area contributed by atoms with Crippen LogP contribution in [0.25, 0.3) is 33.4 Å². The molecule has 0 radical (unpaired) electrons. The van der Waals surface area contributed by atoms with Crippen LogP contribution in [0.15, 0.2) is 76.5 Å². The number of benzene rings is 1. The van der Waals surface area contributed by atoms with Gasteiger partial charge in [-0.2, -0.15) is 10.1 Å². The summed E-state index contributed by atoms with van der Waals surface area (Å²) < 4.78 is 86.8. The number of carbonyl (C=O) groups excluding carboxylic acids is 8. The Morgan fingerprint density at radius 2 is 1.33 bits per heavy atom. The highest BCUT2D eigenvalue weighted by Crippen LogP contribution is 2.40. The summed E-state index contributed by atoms with van der Waals surface area (Å²) in [5.74, 6) is -7.92. The number of ether oxygens (including phenoxy) is 14. The van der Waals surface area contributed by atoms with Crippen LogP contribution in [-0.4, -0.2) is 275 Å². The van der Waals surface area contributed by atoms with Crippen LogP contribution in [0.3, 0.4) is 0 Å². The molecule has 3 aromatic heterocycles. The second-order valence-electron chi connectivity index (χ2n) is 34.0. The number of esters is 2. The van der Waals surface area contributed by atoms with Crippen LogP contribution in [0.4, 0.5) is 11.8 Å². The molecule has 128 heavy (non-hydrogen) atoms. The molecule has 0 unspecified atom stereocenters. The molecule has 6 heterocycles. The van der Waals surface area contributed by atoms with Crippen molar-refractivity contribution in [1.29, 1.82) is 0 Å². The minimum absolute atomic E-state index is 0.00156. The first-order chi connectivity index (χ1) is 61.6. The highest BCUT2D eigenvalue weighted by atomic mass is 16.6. The van der Waals surface area contributed by atoms with E-state index in [4.69, 9.17) is 87.3 Å². The molecule has 33 nitrogen and oxygen atoms in total. The maximum atomic E-state index is 14.6. The number of Topliss-reactive ketones (excluding diaryl/α,β-unsaturated/α-hetero) is 5. The van der Waals surface area contributed by atoms with E-state index in [1.54, 1.807) is 47.1 Å². The molecule has 3 aliphatic heterocycles. The van der Waals surface area contributed by atoms with Gasteiger partial charge in [0.15, 0.2) is 17.0 Å². The summed E-state index contributed by atoms with van der Waals surface area (Å²) in [6.45, 7) is 24.7. The lowest BCUT2D eigenvalue weighted by Crippen LogP contribution is -2.61. The third kappa shape index (κ3) is 35.3. The summed E-state index contributed by atoms with van der Waals surface area (Å²) in [4.78, 5) is 122. The van der Waals surface area contributed by atoms with Crippen molar-refractivity contribution >= 4 is 80.7 Å². The standard InChI is InChI=1S/C63H101NO18.C32H45N7O7/c1-12-76-29-30-78-33-34-79-32-31-77-28-18-22-56(66)80-52-26-24-48(38-55(52)74-10)37-44(5)54-40-51(65)43(4)36-46(7)58(68)59(75-11)57(67)45(6)35-41(2)19-14-13-15-20-42(3)53(73-9)39-49-25-23-47(8)63(72,82-49)60(69)61(70)64-27-17-16-21-50(64)62(71)81-54;1-2-24(40)8-6-13-42-15-17-44-19-20-45-18-16-43-14-11-25(41)7-4-3-5-12-39-31-28(30(33)35-22-36-31)29(38-39)23-9-10-27-26(21-23)37-32(34)46-27/h13-15,19-20,36,41,43-45,47-50,52-55,58-59,68,72H,12,16-18,21-35,37-40H2,1-11H3;9-10,21-22H,2-8,11-20H2,1H3,(H2,34,37)(H2,33,35,36)/b15-13+,19-14+,42-20+,46-36+;/t41-,43-,44-,45-,47-,48+,49+,50+,52-,53+,54+,55-,58-,59+,63-;/m1./s1. The van der Waals surface area contributed by atoms with Gasteiger partial charge in [0.05, 0.1) is 110 Å². The number of aryl methyl sites for hydroxylation is 1. The summed E-state index contributed by atoms with van der Waals surface area (Å²) in [5, 5.41) is 29.1. The second kappa shape index (κ2) is 58.0. The topological polar surface area (TPSA) is 431 Å². The van der Waals surface area contributed by atoms with Crippen molar-refractivity contribution < 1.29 is 119 Å². The first-order valence-corrected chi connectivity index (χ1v) is 46.1. The number of aromatic nitrogens is 5. The minimum atomic E-state index is -2.46. The number of oxazole rings is 1. The van der Waals surface area contributed by atoms with Gasteiger partial charge < -0.3 is 97.3 Å². The predicted molar refractivity (Wildman–Crippen MR) is 480 cm³/mol. The van der Waals surface area contributed by atoms with Crippen molar-refractivity contribution in [2.45, 2.75) is 265 Å². The molecular formula is C95H146N8O25. The van der Waals surface area contributed by atoms with Gasteiger partial charge in [-0.15, -0.1) is 0 Å². The Balaban J connectivity index is 0.000000410. The van der Waals surface area contributed by atoms with Crippen molar-refractivity contribution in [1.82, 2.24) is 29.6 Å². The molecule has 4 aromatic rings. The van der Waals surface area contributed by atoms with Crippen molar-refractivity contribution in [2.75, 3.05) is 145 Å². The molecule has 15 atom stereocenters. The molecule has 8 rings (SSSR count). The zero-order valence-electron chi connectivity index (χ0n) is 77.8. The molecule has 1 aliphatic carbocycles. The van der Waals surface area contributed by atoms with E-state index >= 15 is 0 Å².